The average molecular weight is 387 g/mol. The lowest BCUT2D eigenvalue weighted by Gasteiger charge is -2.15. The Hall–Kier alpha value is -2.79. The maximum Gasteiger partial charge on any atom is 0.349 e. The van der Waals surface area contributed by atoms with Crippen LogP contribution in [0.5, 0.6) is 11.5 Å². The van der Waals surface area contributed by atoms with E-state index < -0.39 is 11.6 Å². The lowest BCUT2D eigenvalue weighted by molar-refractivity contribution is -0.136. The van der Waals surface area contributed by atoms with Crippen LogP contribution in [0.15, 0.2) is 51.7 Å². The molecule has 1 heterocycles. The normalized spacial score (nSPS) is 11.0. The molecule has 0 aliphatic carbocycles. The average Bonchev–Trinajstić information content (AvgIpc) is 2.61. The van der Waals surface area contributed by atoms with Gasteiger partial charge < -0.3 is 13.9 Å². The molecule has 3 rings (SSSR count). The highest BCUT2D eigenvalue weighted by molar-refractivity contribution is 6.31. The second kappa shape index (κ2) is 7.84. The van der Waals surface area contributed by atoms with E-state index in [2.05, 4.69) is 0 Å². The third-order valence-electron chi connectivity index (χ3n) is 4.08. The fourth-order valence-corrected chi connectivity index (χ4v) is 2.82. The lowest BCUT2D eigenvalue weighted by atomic mass is 10.0. The van der Waals surface area contributed by atoms with Crippen LogP contribution in [0.25, 0.3) is 11.0 Å². The molecule has 1 aromatic heterocycles. The number of fused-ring (bicyclic) bond motifs is 1. The summed E-state index contributed by atoms with van der Waals surface area (Å²) < 4.78 is 16.0. The fraction of sp³-hybridized carbons (Fsp3) is 0.238. The third-order valence-corrected chi connectivity index (χ3v) is 4.49. The highest BCUT2D eigenvalue weighted by Gasteiger charge is 2.14. The maximum absolute atomic E-state index is 12.2. The Kier molecular flexibility index (Phi) is 5.51. The SMILES string of the molecule is Cc1cc(OCC(=O)Oc2ccc3ccc(=O)oc3c2)c(C(C)C)cc1Cl. The first kappa shape index (κ1) is 19.0. The minimum Gasteiger partial charge on any atom is -0.482 e. The first-order chi connectivity index (χ1) is 12.8. The van der Waals surface area contributed by atoms with Gasteiger partial charge >= 0.3 is 11.6 Å². The third kappa shape index (κ3) is 4.49. The molecule has 0 bridgehead atoms. The van der Waals surface area contributed by atoms with Crippen LogP contribution >= 0.6 is 11.6 Å². The molecule has 27 heavy (non-hydrogen) atoms. The summed E-state index contributed by atoms with van der Waals surface area (Å²) in [7, 11) is 0. The molecule has 0 N–H and O–H groups in total. The molecule has 0 unspecified atom stereocenters. The molecular formula is C21H19ClO5. The van der Waals surface area contributed by atoms with Gasteiger partial charge in [0, 0.05) is 22.5 Å². The minimum absolute atomic E-state index is 0.192. The Morgan fingerprint density at radius 1 is 1.15 bits per heavy atom. The van der Waals surface area contributed by atoms with Crippen LogP contribution < -0.4 is 15.1 Å². The van der Waals surface area contributed by atoms with Gasteiger partial charge in [-0.05, 0) is 54.3 Å². The van der Waals surface area contributed by atoms with Crippen molar-refractivity contribution in [3.8, 4) is 11.5 Å². The van der Waals surface area contributed by atoms with Crippen LogP contribution in [0.3, 0.4) is 0 Å². The summed E-state index contributed by atoms with van der Waals surface area (Å²) in [6.45, 7) is 5.67. The van der Waals surface area contributed by atoms with Gasteiger partial charge in [-0.15, -0.1) is 0 Å². The molecule has 0 atom stereocenters. The van der Waals surface area contributed by atoms with Crippen molar-refractivity contribution < 1.29 is 18.7 Å². The van der Waals surface area contributed by atoms with Crippen molar-refractivity contribution >= 4 is 28.5 Å². The number of carbonyl (C=O) groups excluding carboxylic acids is 1. The molecule has 5 nitrogen and oxygen atoms in total. The Labute approximate surface area is 161 Å². The monoisotopic (exact) mass is 386 g/mol. The smallest absolute Gasteiger partial charge is 0.349 e. The number of esters is 1. The lowest BCUT2D eigenvalue weighted by Crippen LogP contribution is -2.18. The summed E-state index contributed by atoms with van der Waals surface area (Å²) in [6, 6.07) is 11.5. The summed E-state index contributed by atoms with van der Waals surface area (Å²) >= 11 is 6.18. The zero-order valence-electron chi connectivity index (χ0n) is 15.2. The minimum atomic E-state index is -0.560. The molecule has 3 aromatic rings. The van der Waals surface area contributed by atoms with Gasteiger partial charge in [0.2, 0.25) is 0 Å². The number of halogens is 1. The number of benzene rings is 2. The van der Waals surface area contributed by atoms with E-state index in [0.717, 1.165) is 16.5 Å². The zero-order valence-corrected chi connectivity index (χ0v) is 16.0. The molecule has 0 amide bonds. The summed E-state index contributed by atoms with van der Waals surface area (Å²) in [5, 5.41) is 1.40. The van der Waals surface area contributed by atoms with E-state index in [0.29, 0.717) is 16.4 Å². The van der Waals surface area contributed by atoms with Crippen molar-refractivity contribution in [2.75, 3.05) is 6.61 Å². The number of hydrogen-bond donors (Lipinski definition) is 0. The highest BCUT2D eigenvalue weighted by atomic mass is 35.5. The summed E-state index contributed by atoms with van der Waals surface area (Å²) in [4.78, 5) is 23.5. The summed E-state index contributed by atoms with van der Waals surface area (Å²) in [5.41, 5.74) is 1.68. The molecule has 0 aliphatic rings. The largest absolute Gasteiger partial charge is 0.482 e. The van der Waals surface area contributed by atoms with Crippen molar-refractivity contribution in [1.82, 2.24) is 0 Å². The van der Waals surface area contributed by atoms with Crippen LogP contribution in [0, 0.1) is 6.92 Å². The summed E-state index contributed by atoms with van der Waals surface area (Å²) in [5.74, 6) is 0.516. The van der Waals surface area contributed by atoms with Crippen LogP contribution in [-0.2, 0) is 4.79 Å². The van der Waals surface area contributed by atoms with E-state index in [4.69, 9.17) is 25.5 Å². The molecule has 0 spiro atoms. The van der Waals surface area contributed by atoms with Gasteiger partial charge in [0.25, 0.3) is 0 Å². The number of ether oxygens (including phenoxy) is 2. The Morgan fingerprint density at radius 2 is 1.89 bits per heavy atom. The van der Waals surface area contributed by atoms with Gasteiger partial charge in [0.1, 0.15) is 17.1 Å². The van der Waals surface area contributed by atoms with E-state index in [1.807, 2.05) is 32.9 Å². The summed E-state index contributed by atoms with van der Waals surface area (Å²) in [6.07, 6.45) is 0. The number of aryl methyl sites for hydroxylation is 1. The highest BCUT2D eigenvalue weighted by Crippen LogP contribution is 2.32. The molecule has 2 aromatic carbocycles. The maximum atomic E-state index is 12.2. The van der Waals surface area contributed by atoms with Crippen LogP contribution in [-0.4, -0.2) is 12.6 Å². The quantitative estimate of drug-likeness (QED) is 0.356. The Bertz CT molecular complexity index is 1050. The second-order valence-electron chi connectivity index (χ2n) is 6.51. The van der Waals surface area contributed by atoms with Crippen LogP contribution in [0.1, 0.15) is 30.9 Å². The van der Waals surface area contributed by atoms with Crippen LogP contribution in [0.4, 0.5) is 0 Å². The van der Waals surface area contributed by atoms with Crippen LogP contribution in [0.2, 0.25) is 5.02 Å². The van der Waals surface area contributed by atoms with Gasteiger partial charge in [-0.3, -0.25) is 0 Å². The van der Waals surface area contributed by atoms with Crippen molar-refractivity contribution in [1.29, 1.82) is 0 Å². The van der Waals surface area contributed by atoms with Crippen molar-refractivity contribution in [3.05, 3.63) is 69.0 Å². The first-order valence-electron chi connectivity index (χ1n) is 8.51. The Balaban J connectivity index is 1.72. The van der Waals surface area contributed by atoms with E-state index in [1.165, 1.54) is 12.1 Å². The van der Waals surface area contributed by atoms with Crippen molar-refractivity contribution in [3.63, 3.8) is 0 Å². The van der Waals surface area contributed by atoms with E-state index >= 15 is 0 Å². The number of rotatable bonds is 5. The molecular weight excluding hydrogens is 368 g/mol. The zero-order chi connectivity index (χ0) is 19.6. The first-order valence-corrected chi connectivity index (χ1v) is 8.88. The molecule has 0 saturated heterocycles. The Morgan fingerprint density at radius 3 is 2.63 bits per heavy atom. The fourth-order valence-electron chi connectivity index (χ4n) is 2.65. The molecule has 0 saturated carbocycles. The topological polar surface area (TPSA) is 65.7 Å². The van der Waals surface area contributed by atoms with E-state index in [9.17, 15) is 9.59 Å². The molecule has 0 aliphatic heterocycles. The van der Waals surface area contributed by atoms with E-state index in [-0.39, 0.29) is 18.3 Å². The van der Waals surface area contributed by atoms with Gasteiger partial charge in [0.15, 0.2) is 6.61 Å². The van der Waals surface area contributed by atoms with E-state index in [1.54, 1.807) is 18.2 Å². The predicted molar refractivity (Wildman–Crippen MR) is 104 cm³/mol. The van der Waals surface area contributed by atoms with Gasteiger partial charge in [-0.25, -0.2) is 9.59 Å². The van der Waals surface area contributed by atoms with Gasteiger partial charge in [0.05, 0.1) is 0 Å². The number of hydrogen-bond acceptors (Lipinski definition) is 5. The second-order valence-corrected chi connectivity index (χ2v) is 6.92. The van der Waals surface area contributed by atoms with Gasteiger partial charge in [-0.1, -0.05) is 25.4 Å². The molecule has 0 radical (unpaired) electrons. The molecule has 140 valence electrons. The molecule has 6 heteroatoms. The standard InChI is InChI=1S/C21H19ClO5/c1-12(2)16-10-17(22)13(3)8-19(16)25-11-21(24)26-15-6-4-14-5-7-20(23)27-18(14)9-15/h4-10,12H,11H2,1-3H3. The molecule has 0 fully saturated rings. The number of carbonyl (C=O) groups is 1. The van der Waals surface area contributed by atoms with Crippen molar-refractivity contribution in [2.24, 2.45) is 0 Å². The van der Waals surface area contributed by atoms with Crippen molar-refractivity contribution in [2.45, 2.75) is 26.7 Å². The van der Waals surface area contributed by atoms with Gasteiger partial charge in [-0.2, -0.15) is 0 Å². The predicted octanol–water partition coefficient (Wildman–Crippen LogP) is 4.86.